The Morgan fingerprint density at radius 1 is 0.625 bits per heavy atom. The Bertz CT molecular complexity index is 229. The van der Waals surface area contributed by atoms with Crippen molar-refractivity contribution in [3.63, 3.8) is 0 Å². The molecule has 0 heterocycles. The third-order valence-corrected chi connectivity index (χ3v) is 2.65. The fourth-order valence-corrected chi connectivity index (χ4v) is 1.81. The van der Waals surface area contributed by atoms with Crippen molar-refractivity contribution < 1.29 is 0 Å². The van der Waals surface area contributed by atoms with Crippen LogP contribution in [0.3, 0.4) is 0 Å². The Morgan fingerprint density at radius 3 is 1.19 bits per heavy atom. The molecule has 0 aromatic carbocycles. The molecule has 0 aliphatic rings. The summed E-state index contributed by atoms with van der Waals surface area (Å²) in [4.78, 5) is 10.1. The summed E-state index contributed by atoms with van der Waals surface area (Å²) in [6, 6.07) is 0. The molecule has 0 rings (SSSR count). The zero-order chi connectivity index (χ0) is 12.1. The molecule has 0 bridgehead atoms. The summed E-state index contributed by atoms with van der Waals surface area (Å²) in [5, 5.41) is 0. The van der Waals surface area contributed by atoms with Gasteiger partial charge in [-0.25, -0.2) is 19.7 Å². The molecule has 0 aliphatic carbocycles. The topological polar surface area (TPSA) is 13.1 Å². The summed E-state index contributed by atoms with van der Waals surface area (Å²) in [6.45, 7) is 22.0. The Morgan fingerprint density at radius 2 is 0.938 bits per heavy atom. The molecule has 0 aromatic rings. The molecular formula is C13H19N3. The maximum absolute atomic E-state index is 6.73. The van der Waals surface area contributed by atoms with Crippen molar-refractivity contribution in [2.75, 3.05) is 19.6 Å². The van der Waals surface area contributed by atoms with Crippen molar-refractivity contribution in [3.8, 4) is 0 Å². The Hall–Kier alpha value is -1.53. The predicted octanol–water partition coefficient (Wildman–Crippen LogP) is 3.70. The van der Waals surface area contributed by atoms with Gasteiger partial charge in [0.25, 0.3) is 0 Å². The summed E-state index contributed by atoms with van der Waals surface area (Å²) in [5.74, 6) is 0.616. The molecule has 3 heteroatoms. The molecule has 0 saturated heterocycles. The minimum Gasteiger partial charge on any atom is -0.317 e. The van der Waals surface area contributed by atoms with Crippen molar-refractivity contribution in [3.05, 3.63) is 34.3 Å². The number of hydrogen-bond acceptors (Lipinski definition) is 0. The molecule has 0 spiro atoms. The van der Waals surface area contributed by atoms with Gasteiger partial charge in [-0.15, -0.1) is 0 Å². The van der Waals surface area contributed by atoms with Crippen LogP contribution in [0.4, 0.5) is 0 Å². The first-order chi connectivity index (χ1) is 7.85. The van der Waals surface area contributed by atoms with Gasteiger partial charge in [0.05, 0.1) is 0 Å². The van der Waals surface area contributed by atoms with E-state index in [4.69, 9.17) is 19.7 Å². The van der Waals surface area contributed by atoms with E-state index in [1.807, 2.05) is 0 Å². The maximum atomic E-state index is 6.73. The van der Waals surface area contributed by atoms with Gasteiger partial charge < -0.3 is 14.5 Å². The van der Waals surface area contributed by atoms with E-state index in [2.05, 4.69) is 14.5 Å². The van der Waals surface area contributed by atoms with Gasteiger partial charge in [0.2, 0.25) is 19.6 Å². The van der Waals surface area contributed by atoms with Crippen molar-refractivity contribution in [2.45, 2.75) is 38.5 Å². The molecule has 0 aromatic heterocycles. The van der Waals surface area contributed by atoms with Crippen LogP contribution in [-0.4, -0.2) is 19.6 Å². The zero-order valence-electron chi connectivity index (χ0n) is 9.78. The van der Waals surface area contributed by atoms with Crippen LogP contribution in [-0.2, 0) is 0 Å². The van der Waals surface area contributed by atoms with Crippen LogP contribution in [0.2, 0.25) is 0 Å². The van der Waals surface area contributed by atoms with E-state index in [-0.39, 0.29) is 0 Å². The SMILES string of the molecule is [C-]#[N+]CCCC(CCC[N+]#[C-])CCC[N+]#[C-]. The summed E-state index contributed by atoms with van der Waals surface area (Å²) in [6.07, 6.45) is 6.13. The molecule has 0 aliphatic heterocycles. The molecule has 0 radical (unpaired) electrons. The number of nitrogens with zero attached hydrogens (tertiary/aromatic N) is 3. The fraction of sp³-hybridized carbons (Fsp3) is 0.769. The van der Waals surface area contributed by atoms with Crippen LogP contribution in [0.1, 0.15) is 38.5 Å². The van der Waals surface area contributed by atoms with E-state index in [0.717, 1.165) is 38.5 Å². The van der Waals surface area contributed by atoms with Crippen molar-refractivity contribution in [2.24, 2.45) is 5.92 Å². The smallest absolute Gasteiger partial charge is 0.214 e. The minimum absolute atomic E-state index is 0.613. The lowest BCUT2D eigenvalue weighted by Crippen LogP contribution is -2.03. The van der Waals surface area contributed by atoms with Gasteiger partial charge in [0.1, 0.15) is 0 Å². The summed E-state index contributed by atoms with van der Waals surface area (Å²) < 4.78 is 0. The van der Waals surface area contributed by atoms with Gasteiger partial charge in [-0.05, 0) is 25.2 Å². The molecule has 0 unspecified atom stereocenters. The number of rotatable bonds is 9. The third kappa shape index (κ3) is 9.04. The van der Waals surface area contributed by atoms with E-state index in [0.29, 0.717) is 25.6 Å². The molecule has 0 amide bonds. The van der Waals surface area contributed by atoms with Gasteiger partial charge in [-0.3, -0.25) is 0 Å². The van der Waals surface area contributed by atoms with Crippen LogP contribution in [0.25, 0.3) is 14.5 Å². The summed E-state index contributed by atoms with van der Waals surface area (Å²) in [5.41, 5.74) is 0. The van der Waals surface area contributed by atoms with Gasteiger partial charge in [-0.2, -0.15) is 0 Å². The average Bonchev–Trinajstić information content (AvgIpc) is 2.29. The monoisotopic (exact) mass is 217 g/mol. The highest BCUT2D eigenvalue weighted by Gasteiger charge is 2.10. The van der Waals surface area contributed by atoms with Crippen LogP contribution in [0, 0.1) is 25.6 Å². The van der Waals surface area contributed by atoms with Gasteiger partial charge in [0, 0.05) is 19.3 Å². The normalized spacial score (nSPS) is 9.38. The first kappa shape index (κ1) is 14.5. The highest BCUT2D eigenvalue weighted by atomic mass is 14.6. The second-order valence-corrected chi connectivity index (χ2v) is 3.94. The highest BCUT2D eigenvalue weighted by Crippen LogP contribution is 2.19. The van der Waals surface area contributed by atoms with E-state index < -0.39 is 0 Å². The summed E-state index contributed by atoms with van der Waals surface area (Å²) >= 11 is 0. The molecule has 0 saturated carbocycles. The van der Waals surface area contributed by atoms with E-state index in [1.54, 1.807) is 0 Å². The largest absolute Gasteiger partial charge is 0.317 e. The van der Waals surface area contributed by atoms with Crippen LogP contribution in [0.15, 0.2) is 0 Å². The lowest BCUT2D eigenvalue weighted by atomic mass is 9.93. The Kier molecular flexibility index (Phi) is 10.4. The molecule has 16 heavy (non-hydrogen) atoms. The van der Waals surface area contributed by atoms with E-state index >= 15 is 0 Å². The first-order valence-electron chi connectivity index (χ1n) is 5.84. The van der Waals surface area contributed by atoms with E-state index in [9.17, 15) is 0 Å². The van der Waals surface area contributed by atoms with Crippen molar-refractivity contribution in [1.82, 2.24) is 0 Å². The number of hydrogen-bond donors (Lipinski definition) is 0. The Balaban J connectivity index is 3.73. The zero-order valence-corrected chi connectivity index (χ0v) is 9.78. The summed E-state index contributed by atoms with van der Waals surface area (Å²) in [7, 11) is 0. The second kappa shape index (κ2) is 11.5. The van der Waals surface area contributed by atoms with Crippen molar-refractivity contribution in [1.29, 1.82) is 0 Å². The second-order valence-electron chi connectivity index (χ2n) is 3.94. The van der Waals surface area contributed by atoms with Gasteiger partial charge >= 0.3 is 0 Å². The lowest BCUT2D eigenvalue weighted by Gasteiger charge is -2.12. The van der Waals surface area contributed by atoms with Crippen LogP contribution < -0.4 is 0 Å². The standard InChI is InChI=1S/C13H19N3/c1-14-10-4-7-13(8-5-11-15-2)9-6-12-16-3/h13H,4-12H2. The van der Waals surface area contributed by atoms with E-state index in [1.165, 1.54) is 0 Å². The van der Waals surface area contributed by atoms with Gasteiger partial charge in [-0.1, -0.05) is 0 Å². The van der Waals surface area contributed by atoms with Crippen LogP contribution >= 0.6 is 0 Å². The predicted molar refractivity (Wildman–Crippen MR) is 65.6 cm³/mol. The highest BCUT2D eigenvalue weighted by molar-refractivity contribution is 4.69. The minimum atomic E-state index is 0.613. The molecule has 0 N–H and O–H groups in total. The molecule has 3 nitrogen and oxygen atoms in total. The molecule has 0 atom stereocenters. The van der Waals surface area contributed by atoms with Crippen LogP contribution in [0.5, 0.6) is 0 Å². The third-order valence-electron chi connectivity index (χ3n) is 2.65. The van der Waals surface area contributed by atoms with Gasteiger partial charge in [0.15, 0.2) is 0 Å². The quantitative estimate of drug-likeness (QED) is 0.412. The molecule has 0 fully saturated rings. The van der Waals surface area contributed by atoms with Crippen molar-refractivity contribution >= 4 is 0 Å². The molecular weight excluding hydrogens is 198 g/mol. The lowest BCUT2D eigenvalue weighted by molar-refractivity contribution is 0.403. The average molecular weight is 217 g/mol. The Labute approximate surface area is 98.9 Å². The first-order valence-corrected chi connectivity index (χ1v) is 5.84. The molecule has 86 valence electrons. The fourth-order valence-electron chi connectivity index (χ4n) is 1.81. The maximum Gasteiger partial charge on any atom is 0.214 e.